The first-order valence-corrected chi connectivity index (χ1v) is 4.52. The lowest BCUT2D eigenvalue weighted by Gasteiger charge is -1.99. The van der Waals surface area contributed by atoms with Gasteiger partial charge in [0.15, 0.2) is 17.3 Å². The smallest absolute Gasteiger partial charge is 0.231 e. The van der Waals surface area contributed by atoms with Crippen molar-refractivity contribution in [3.63, 3.8) is 0 Å². The van der Waals surface area contributed by atoms with Gasteiger partial charge in [0.1, 0.15) is 0 Å². The number of Topliss-reactive ketones (excluding diaryl/α,β-unsaturated/α-hetero) is 1. The fourth-order valence-electron chi connectivity index (χ4n) is 1.50. The van der Waals surface area contributed by atoms with Crippen LogP contribution in [0.2, 0.25) is 0 Å². The van der Waals surface area contributed by atoms with E-state index in [2.05, 4.69) is 5.32 Å². The van der Waals surface area contributed by atoms with Crippen LogP contribution in [0.5, 0.6) is 11.5 Å². The lowest BCUT2D eigenvalue weighted by Crippen LogP contribution is -2.09. The van der Waals surface area contributed by atoms with Crippen LogP contribution in [-0.4, -0.2) is 25.2 Å². The third-order valence-electron chi connectivity index (χ3n) is 2.38. The molecule has 1 aromatic carbocycles. The molecule has 0 spiro atoms. The van der Waals surface area contributed by atoms with Gasteiger partial charge in [0, 0.05) is 12.1 Å². The van der Waals surface area contributed by atoms with E-state index in [0.29, 0.717) is 17.1 Å². The molecule has 2 heterocycles. The van der Waals surface area contributed by atoms with Crippen molar-refractivity contribution in [2.24, 2.45) is 0 Å². The summed E-state index contributed by atoms with van der Waals surface area (Å²) >= 11 is 0. The van der Waals surface area contributed by atoms with Gasteiger partial charge in [-0.2, -0.15) is 0 Å². The van der Waals surface area contributed by atoms with Crippen LogP contribution in [0.3, 0.4) is 0 Å². The number of ketones is 1. The maximum atomic E-state index is 11.6. The van der Waals surface area contributed by atoms with Crippen LogP contribution in [0.15, 0.2) is 18.2 Å². The molecule has 14 heavy (non-hydrogen) atoms. The number of carbonyl (C=O) groups is 1. The van der Waals surface area contributed by atoms with Gasteiger partial charge >= 0.3 is 0 Å². The van der Waals surface area contributed by atoms with Crippen molar-refractivity contribution in [1.82, 2.24) is 5.32 Å². The van der Waals surface area contributed by atoms with Crippen LogP contribution < -0.4 is 14.8 Å². The molecule has 0 saturated carbocycles. The van der Waals surface area contributed by atoms with Crippen molar-refractivity contribution in [3.8, 4) is 11.5 Å². The van der Waals surface area contributed by atoms with Crippen molar-refractivity contribution >= 4 is 5.78 Å². The van der Waals surface area contributed by atoms with Crippen LogP contribution in [0.25, 0.3) is 0 Å². The molecule has 1 fully saturated rings. The van der Waals surface area contributed by atoms with E-state index >= 15 is 0 Å². The predicted molar refractivity (Wildman–Crippen MR) is 48.7 cm³/mol. The Kier molecular flexibility index (Phi) is 1.52. The van der Waals surface area contributed by atoms with Gasteiger partial charge in [0.2, 0.25) is 6.79 Å². The van der Waals surface area contributed by atoms with Crippen molar-refractivity contribution in [2.45, 2.75) is 6.04 Å². The summed E-state index contributed by atoms with van der Waals surface area (Å²) in [5.41, 5.74) is 0.684. The highest BCUT2D eigenvalue weighted by Gasteiger charge is 2.30. The second-order valence-electron chi connectivity index (χ2n) is 3.39. The maximum Gasteiger partial charge on any atom is 0.231 e. The number of nitrogens with one attached hydrogen (secondary N) is 1. The number of ether oxygens (including phenoxy) is 2. The molecule has 4 nitrogen and oxygen atoms in total. The molecule has 2 aliphatic heterocycles. The van der Waals surface area contributed by atoms with E-state index in [1.165, 1.54) is 0 Å². The van der Waals surface area contributed by atoms with E-state index < -0.39 is 0 Å². The molecular weight excluding hydrogens is 182 g/mol. The van der Waals surface area contributed by atoms with Crippen molar-refractivity contribution in [3.05, 3.63) is 23.8 Å². The summed E-state index contributed by atoms with van der Waals surface area (Å²) in [6.45, 7) is 1.03. The average Bonchev–Trinajstić information content (AvgIpc) is 2.95. The number of hydrogen-bond donors (Lipinski definition) is 1. The first-order valence-electron chi connectivity index (χ1n) is 4.52. The van der Waals surface area contributed by atoms with E-state index in [0.717, 1.165) is 6.54 Å². The standard InChI is InChI=1S/C10H9NO3/c12-10(7-4-11-7)6-1-2-8-9(3-6)14-5-13-8/h1-3,7,11H,4-5H2. The molecule has 1 atom stereocenters. The van der Waals surface area contributed by atoms with Crippen molar-refractivity contribution < 1.29 is 14.3 Å². The van der Waals surface area contributed by atoms with Gasteiger partial charge in [-0.25, -0.2) is 0 Å². The molecule has 3 rings (SSSR count). The molecule has 0 aromatic heterocycles. The maximum absolute atomic E-state index is 11.6. The molecule has 0 bridgehead atoms. The summed E-state index contributed by atoms with van der Waals surface area (Å²) in [7, 11) is 0. The summed E-state index contributed by atoms with van der Waals surface area (Å²) in [5, 5.41) is 2.98. The predicted octanol–water partition coefficient (Wildman–Crippen LogP) is 0.570. The van der Waals surface area contributed by atoms with Crippen LogP contribution in [-0.2, 0) is 0 Å². The molecule has 1 N–H and O–H groups in total. The zero-order valence-corrected chi connectivity index (χ0v) is 7.45. The van der Waals surface area contributed by atoms with Crippen molar-refractivity contribution in [2.75, 3.05) is 13.3 Å². The number of rotatable bonds is 2. The summed E-state index contributed by atoms with van der Waals surface area (Å²) < 4.78 is 10.4. The zero-order valence-electron chi connectivity index (χ0n) is 7.45. The quantitative estimate of drug-likeness (QED) is 0.548. The number of carbonyl (C=O) groups excluding carboxylic acids is 1. The molecule has 4 heteroatoms. The molecule has 1 saturated heterocycles. The van der Waals surface area contributed by atoms with E-state index in [1.54, 1.807) is 18.2 Å². The second-order valence-corrected chi connectivity index (χ2v) is 3.39. The molecule has 0 radical (unpaired) electrons. The fourth-order valence-corrected chi connectivity index (χ4v) is 1.50. The van der Waals surface area contributed by atoms with Crippen LogP contribution in [0.1, 0.15) is 10.4 Å². The minimum Gasteiger partial charge on any atom is -0.454 e. The van der Waals surface area contributed by atoms with Gasteiger partial charge in [-0.15, -0.1) is 0 Å². The summed E-state index contributed by atoms with van der Waals surface area (Å²) in [5.74, 6) is 1.50. The highest BCUT2D eigenvalue weighted by molar-refractivity contribution is 6.02. The van der Waals surface area contributed by atoms with E-state index in [4.69, 9.17) is 9.47 Å². The molecule has 0 aliphatic carbocycles. The van der Waals surface area contributed by atoms with Crippen LogP contribution >= 0.6 is 0 Å². The second kappa shape index (κ2) is 2.72. The van der Waals surface area contributed by atoms with Gasteiger partial charge in [-0.3, -0.25) is 4.79 Å². The van der Waals surface area contributed by atoms with Gasteiger partial charge < -0.3 is 14.8 Å². The molecular formula is C10H9NO3. The summed E-state index contributed by atoms with van der Waals surface area (Å²) in [6.07, 6.45) is 0. The number of hydrogen-bond acceptors (Lipinski definition) is 4. The van der Waals surface area contributed by atoms with E-state index in [9.17, 15) is 4.79 Å². The number of fused-ring (bicyclic) bond motifs is 1. The Labute approximate surface area is 80.8 Å². The highest BCUT2D eigenvalue weighted by atomic mass is 16.7. The number of benzene rings is 1. The Morgan fingerprint density at radius 1 is 1.36 bits per heavy atom. The van der Waals surface area contributed by atoms with Crippen molar-refractivity contribution in [1.29, 1.82) is 0 Å². The fraction of sp³-hybridized carbons (Fsp3) is 0.300. The normalized spacial score (nSPS) is 22.1. The monoisotopic (exact) mass is 191 g/mol. The lowest BCUT2D eigenvalue weighted by atomic mass is 10.1. The SMILES string of the molecule is O=C(c1ccc2c(c1)OCO2)C1CN1. The summed E-state index contributed by atoms with van der Waals surface area (Å²) in [4.78, 5) is 11.6. The first-order chi connectivity index (χ1) is 6.84. The van der Waals surface area contributed by atoms with Crippen LogP contribution in [0, 0.1) is 0 Å². The minimum absolute atomic E-state index is 0.00960. The zero-order chi connectivity index (χ0) is 9.54. The largest absolute Gasteiger partial charge is 0.454 e. The third kappa shape index (κ3) is 1.15. The lowest BCUT2D eigenvalue weighted by molar-refractivity contribution is 0.0990. The van der Waals surface area contributed by atoms with E-state index in [1.807, 2.05) is 0 Å². The minimum atomic E-state index is 0.00960. The Balaban J connectivity index is 1.95. The van der Waals surface area contributed by atoms with Gasteiger partial charge in [-0.05, 0) is 18.2 Å². The molecule has 72 valence electrons. The third-order valence-corrected chi connectivity index (χ3v) is 2.38. The Morgan fingerprint density at radius 2 is 2.14 bits per heavy atom. The average molecular weight is 191 g/mol. The van der Waals surface area contributed by atoms with Crippen LogP contribution in [0.4, 0.5) is 0 Å². The van der Waals surface area contributed by atoms with Gasteiger partial charge in [-0.1, -0.05) is 0 Å². The molecule has 0 amide bonds. The molecule has 1 aromatic rings. The first kappa shape index (κ1) is 7.82. The Hall–Kier alpha value is -1.55. The van der Waals surface area contributed by atoms with Gasteiger partial charge in [0.25, 0.3) is 0 Å². The highest BCUT2D eigenvalue weighted by Crippen LogP contribution is 2.32. The topological polar surface area (TPSA) is 57.5 Å². The Bertz CT molecular complexity index is 398. The molecule has 2 aliphatic rings. The van der Waals surface area contributed by atoms with E-state index in [-0.39, 0.29) is 18.6 Å². The molecule has 1 unspecified atom stereocenters. The Morgan fingerprint density at radius 3 is 2.93 bits per heavy atom. The van der Waals surface area contributed by atoms with Gasteiger partial charge in [0.05, 0.1) is 6.04 Å². The summed E-state index contributed by atoms with van der Waals surface area (Å²) in [6, 6.07) is 5.30.